The minimum Gasteiger partial charge on any atom is -0.446 e. The van der Waals surface area contributed by atoms with Crippen molar-refractivity contribution in [2.24, 2.45) is 10.9 Å². The number of hydrogen-bond donors (Lipinski definition) is 1. The van der Waals surface area contributed by atoms with Crippen molar-refractivity contribution in [3.8, 4) is 0 Å². The maximum Gasteiger partial charge on any atom is 0.283 e. The van der Waals surface area contributed by atoms with E-state index in [2.05, 4.69) is 15.3 Å². The van der Waals surface area contributed by atoms with Gasteiger partial charge in [-0.2, -0.15) is 0 Å². The fraction of sp³-hybridized carbons (Fsp3) is 0.444. The Kier molecular flexibility index (Phi) is 5.09. The summed E-state index contributed by atoms with van der Waals surface area (Å²) in [6.45, 7) is 0.0247. The average Bonchev–Trinajstić information content (AvgIpc) is 3.17. The molecule has 1 N–H and O–H groups in total. The summed E-state index contributed by atoms with van der Waals surface area (Å²) in [6, 6.07) is 3.44. The predicted molar refractivity (Wildman–Crippen MR) is 95.2 cm³/mol. The van der Waals surface area contributed by atoms with Gasteiger partial charge in [0.2, 0.25) is 5.89 Å². The third-order valence-electron chi connectivity index (χ3n) is 5.11. The minimum absolute atomic E-state index is 0.0247. The number of amidine groups is 1. The van der Waals surface area contributed by atoms with E-state index in [4.69, 9.17) is 9.15 Å². The molecule has 2 fully saturated rings. The van der Waals surface area contributed by atoms with Crippen LogP contribution < -0.4 is 5.32 Å². The molecule has 2 aliphatic rings. The number of rotatable bonds is 3. The number of halogens is 4. The number of hydrogen-bond acceptors (Lipinski definition) is 5. The number of benzene rings is 1. The highest BCUT2D eigenvalue weighted by atomic mass is 32.2. The Labute approximate surface area is 162 Å². The number of nitrogens with one attached hydrogen (secondary N) is 1. The third-order valence-corrected chi connectivity index (χ3v) is 6.24. The van der Waals surface area contributed by atoms with Crippen LogP contribution in [-0.4, -0.2) is 29.6 Å². The van der Waals surface area contributed by atoms with E-state index in [1.165, 1.54) is 23.9 Å². The van der Waals surface area contributed by atoms with Crippen LogP contribution in [0.5, 0.6) is 0 Å². The number of aromatic nitrogens is 1. The van der Waals surface area contributed by atoms with Crippen LogP contribution in [0.15, 0.2) is 33.9 Å². The van der Waals surface area contributed by atoms with Gasteiger partial charge in [0.25, 0.3) is 6.43 Å². The molecule has 0 amide bonds. The summed E-state index contributed by atoms with van der Waals surface area (Å²) in [6.07, 6.45) is -2.07. The molecule has 150 valence electrons. The first-order valence-corrected chi connectivity index (χ1v) is 9.60. The van der Waals surface area contributed by atoms with Crippen molar-refractivity contribution in [1.82, 2.24) is 10.3 Å². The lowest BCUT2D eigenvalue weighted by Crippen LogP contribution is -2.60. The van der Waals surface area contributed by atoms with Crippen LogP contribution in [0, 0.1) is 17.6 Å². The molecule has 2 saturated heterocycles. The van der Waals surface area contributed by atoms with Crippen molar-refractivity contribution in [1.29, 1.82) is 0 Å². The molecular weight excluding hydrogens is 398 g/mol. The summed E-state index contributed by atoms with van der Waals surface area (Å²) in [7, 11) is 1.62. The van der Waals surface area contributed by atoms with Crippen LogP contribution >= 0.6 is 11.8 Å². The molecule has 0 saturated carbocycles. The highest BCUT2D eigenvalue weighted by molar-refractivity contribution is 8.13. The summed E-state index contributed by atoms with van der Waals surface area (Å²) >= 11 is 1.47. The van der Waals surface area contributed by atoms with Gasteiger partial charge in [-0.3, -0.25) is 4.99 Å². The molecule has 4 rings (SSSR count). The van der Waals surface area contributed by atoms with E-state index in [0.29, 0.717) is 17.3 Å². The van der Waals surface area contributed by atoms with Gasteiger partial charge in [0.1, 0.15) is 29.7 Å². The van der Waals surface area contributed by atoms with Gasteiger partial charge in [0, 0.05) is 30.3 Å². The van der Waals surface area contributed by atoms with E-state index < -0.39 is 35.4 Å². The molecule has 1 aromatic heterocycles. The molecule has 0 aliphatic carbocycles. The molecule has 0 radical (unpaired) electrons. The zero-order valence-corrected chi connectivity index (χ0v) is 15.6. The quantitative estimate of drug-likeness (QED) is 0.762. The van der Waals surface area contributed by atoms with Crippen LogP contribution in [0.2, 0.25) is 0 Å². The highest BCUT2D eigenvalue weighted by Gasteiger charge is 2.51. The molecule has 0 bridgehead atoms. The van der Waals surface area contributed by atoms with Crippen LogP contribution in [0.25, 0.3) is 0 Å². The first kappa shape index (κ1) is 19.3. The predicted octanol–water partition coefficient (Wildman–Crippen LogP) is 4.19. The van der Waals surface area contributed by atoms with E-state index in [-0.39, 0.29) is 24.0 Å². The zero-order chi connectivity index (χ0) is 19.9. The number of ether oxygens (including phenoxy) is 1. The first-order valence-electron chi connectivity index (χ1n) is 8.61. The fourth-order valence-electron chi connectivity index (χ4n) is 3.69. The largest absolute Gasteiger partial charge is 0.446 e. The Bertz CT molecular complexity index is 907. The molecule has 1 aromatic carbocycles. The van der Waals surface area contributed by atoms with Crippen LogP contribution in [-0.2, 0) is 10.3 Å². The van der Waals surface area contributed by atoms with Crippen molar-refractivity contribution in [3.05, 3.63) is 53.2 Å². The van der Waals surface area contributed by atoms with Crippen molar-refractivity contribution in [2.45, 2.75) is 24.5 Å². The Hall–Kier alpha value is -2.07. The zero-order valence-electron chi connectivity index (χ0n) is 14.8. The number of fused-ring (bicyclic) bond motifs is 1. The number of alkyl halides is 2. The molecule has 2 aromatic rings. The molecule has 2 aliphatic heterocycles. The van der Waals surface area contributed by atoms with E-state index in [0.717, 1.165) is 12.3 Å². The Morgan fingerprint density at radius 2 is 2.18 bits per heavy atom. The second kappa shape index (κ2) is 7.40. The van der Waals surface area contributed by atoms with Crippen LogP contribution in [0.4, 0.5) is 17.6 Å². The molecule has 3 atom stereocenters. The topological polar surface area (TPSA) is 59.7 Å². The monoisotopic (exact) mass is 415 g/mol. The molecule has 3 heterocycles. The van der Waals surface area contributed by atoms with Crippen molar-refractivity contribution in [2.75, 3.05) is 19.4 Å². The maximum absolute atomic E-state index is 14.6. The van der Waals surface area contributed by atoms with Gasteiger partial charge in [-0.1, -0.05) is 17.8 Å². The SMILES string of the molecule is CN=C1NC2(c3ccc(F)cc3F)COC(c3nc(C(F)F)co3)CC2CS1. The number of nitrogens with zero attached hydrogens (tertiary/aromatic N) is 2. The molecule has 0 spiro atoms. The average molecular weight is 415 g/mol. The number of thioether (sulfide) groups is 1. The van der Waals surface area contributed by atoms with E-state index in [1.54, 1.807) is 7.05 Å². The summed E-state index contributed by atoms with van der Waals surface area (Å²) in [5.74, 6) is -0.832. The first-order chi connectivity index (χ1) is 13.4. The smallest absolute Gasteiger partial charge is 0.283 e. The Morgan fingerprint density at radius 3 is 2.86 bits per heavy atom. The molecule has 3 unspecified atom stereocenters. The summed E-state index contributed by atoms with van der Waals surface area (Å²) < 4.78 is 64.7. The normalized spacial score (nSPS) is 29.0. The highest BCUT2D eigenvalue weighted by Crippen LogP contribution is 2.47. The van der Waals surface area contributed by atoms with Crippen LogP contribution in [0.3, 0.4) is 0 Å². The standard InChI is InChI=1S/C18H17F4N3O2S/c1-23-17-25-18(11-3-2-10(19)5-12(11)20)8-27-14(4-9(18)7-28-17)16-24-13(6-26-16)15(21)22/h2-3,5-6,9,14-15H,4,7-8H2,1H3,(H,23,25). The Morgan fingerprint density at radius 1 is 1.36 bits per heavy atom. The maximum atomic E-state index is 14.6. The lowest BCUT2D eigenvalue weighted by Gasteiger charge is -2.49. The summed E-state index contributed by atoms with van der Waals surface area (Å²) in [5.41, 5.74) is -1.12. The van der Waals surface area contributed by atoms with Gasteiger partial charge in [0.15, 0.2) is 5.17 Å². The van der Waals surface area contributed by atoms with Crippen molar-refractivity contribution in [3.63, 3.8) is 0 Å². The van der Waals surface area contributed by atoms with E-state index >= 15 is 0 Å². The second-order valence-electron chi connectivity index (χ2n) is 6.70. The van der Waals surface area contributed by atoms with Crippen molar-refractivity contribution >= 4 is 16.9 Å². The summed E-state index contributed by atoms with van der Waals surface area (Å²) in [5, 5.41) is 3.87. The lowest BCUT2D eigenvalue weighted by atomic mass is 9.74. The minimum atomic E-state index is -2.73. The second-order valence-corrected chi connectivity index (χ2v) is 7.71. The number of aliphatic imine (C=N–C) groups is 1. The number of oxazole rings is 1. The fourth-order valence-corrected chi connectivity index (χ4v) is 4.85. The van der Waals surface area contributed by atoms with Gasteiger partial charge in [0.05, 0.1) is 12.1 Å². The van der Waals surface area contributed by atoms with Gasteiger partial charge in [-0.15, -0.1) is 0 Å². The van der Waals surface area contributed by atoms with Crippen molar-refractivity contribution < 1.29 is 26.7 Å². The molecule has 10 heteroatoms. The Balaban J connectivity index is 1.67. The van der Waals surface area contributed by atoms with Gasteiger partial charge >= 0.3 is 0 Å². The molecule has 28 heavy (non-hydrogen) atoms. The van der Waals surface area contributed by atoms with E-state index in [1.807, 2.05) is 0 Å². The third kappa shape index (κ3) is 3.28. The van der Waals surface area contributed by atoms with Gasteiger partial charge in [-0.25, -0.2) is 22.5 Å². The lowest BCUT2D eigenvalue weighted by molar-refractivity contribution is -0.0779. The molecule has 5 nitrogen and oxygen atoms in total. The van der Waals surface area contributed by atoms with Gasteiger partial charge < -0.3 is 14.5 Å². The molecular formula is C18H17F4N3O2S. The van der Waals surface area contributed by atoms with Gasteiger partial charge in [-0.05, 0) is 12.5 Å². The van der Waals surface area contributed by atoms with E-state index in [9.17, 15) is 17.6 Å². The summed E-state index contributed by atoms with van der Waals surface area (Å²) in [4.78, 5) is 7.97. The van der Waals surface area contributed by atoms with Crippen LogP contribution in [0.1, 0.15) is 36.1 Å².